The van der Waals surface area contributed by atoms with Crippen LogP contribution in [0.5, 0.6) is 0 Å². The van der Waals surface area contributed by atoms with Gasteiger partial charge in [0.25, 0.3) is 0 Å². The lowest BCUT2D eigenvalue weighted by Crippen LogP contribution is -2.00. The number of nitrogens with zero attached hydrogens (tertiary/aromatic N) is 1. The summed E-state index contributed by atoms with van der Waals surface area (Å²) >= 11 is 1.42. The molecule has 0 unspecified atom stereocenters. The second-order valence-corrected chi connectivity index (χ2v) is 3.87. The Hall–Kier alpha value is -1.16. The van der Waals surface area contributed by atoms with Crippen LogP contribution in [0.1, 0.15) is 6.42 Å². The fourth-order valence-corrected chi connectivity index (χ4v) is 2.39. The Kier molecular flexibility index (Phi) is 2.14. The number of thioether (sulfide) groups is 1. The van der Waals surface area contributed by atoms with Crippen LogP contribution in [-0.4, -0.2) is 21.4 Å². The summed E-state index contributed by atoms with van der Waals surface area (Å²) in [5.41, 5.74) is 0.905. The first-order chi connectivity index (χ1) is 6.29. The molecule has 1 aliphatic heterocycles. The Labute approximate surface area is 80.1 Å². The maximum absolute atomic E-state index is 10.8. The van der Waals surface area contributed by atoms with Gasteiger partial charge in [0.2, 0.25) is 0 Å². The zero-order valence-corrected chi connectivity index (χ0v) is 7.75. The van der Waals surface area contributed by atoms with E-state index in [1.54, 1.807) is 0 Å². The molecule has 0 bridgehead atoms. The molecule has 2 rings (SSSR count). The molecule has 68 valence electrons. The number of carbonyl (C=O) groups is 1. The zero-order valence-electron chi connectivity index (χ0n) is 6.93. The minimum atomic E-state index is -0.814. The second kappa shape index (κ2) is 3.30. The minimum absolute atomic E-state index is 0.483. The van der Waals surface area contributed by atoms with E-state index in [4.69, 9.17) is 5.11 Å². The van der Waals surface area contributed by atoms with Crippen LogP contribution in [0.4, 0.5) is 0 Å². The van der Waals surface area contributed by atoms with E-state index in [2.05, 4.69) is 0 Å². The summed E-state index contributed by atoms with van der Waals surface area (Å²) in [5, 5.41) is 8.89. The second-order valence-electron chi connectivity index (χ2n) is 2.77. The summed E-state index contributed by atoms with van der Waals surface area (Å²) in [4.78, 5) is 11.3. The molecule has 4 heteroatoms. The first kappa shape index (κ1) is 8.44. The largest absolute Gasteiger partial charge is 0.477 e. The van der Waals surface area contributed by atoms with Gasteiger partial charge in [-0.05, 0) is 18.6 Å². The van der Waals surface area contributed by atoms with E-state index in [1.165, 1.54) is 11.8 Å². The maximum atomic E-state index is 10.8. The summed E-state index contributed by atoms with van der Waals surface area (Å²) in [5.74, 6) is 0.0565. The smallest absolute Gasteiger partial charge is 0.343 e. The van der Waals surface area contributed by atoms with Crippen molar-refractivity contribution in [3.63, 3.8) is 0 Å². The van der Waals surface area contributed by atoms with Crippen LogP contribution >= 0.6 is 11.8 Å². The molecule has 13 heavy (non-hydrogen) atoms. The van der Waals surface area contributed by atoms with Crippen molar-refractivity contribution < 1.29 is 9.90 Å². The average Bonchev–Trinajstić information content (AvgIpc) is 2.74. The predicted octanol–water partition coefficient (Wildman–Crippen LogP) is 1.88. The summed E-state index contributed by atoms with van der Waals surface area (Å²) in [6.07, 6.45) is 4.59. The van der Waals surface area contributed by atoms with Gasteiger partial charge in [-0.25, -0.2) is 4.79 Å². The Morgan fingerprint density at radius 3 is 2.77 bits per heavy atom. The van der Waals surface area contributed by atoms with E-state index in [9.17, 15) is 4.79 Å². The fraction of sp³-hybridized carbons (Fsp3) is 0.222. The van der Waals surface area contributed by atoms with E-state index in [0.717, 1.165) is 17.9 Å². The van der Waals surface area contributed by atoms with Gasteiger partial charge in [0, 0.05) is 23.8 Å². The highest BCUT2D eigenvalue weighted by atomic mass is 32.2. The molecule has 0 aromatic carbocycles. The standard InChI is InChI=1S/C9H9NO2S/c11-9(12)8-7(3-6-13-8)10-4-1-2-5-10/h1-2,4-5H,3,6H2,(H,11,12). The molecule has 1 N–H and O–H groups in total. The molecule has 0 atom stereocenters. The first-order valence-corrected chi connectivity index (χ1v) is 5.00. The molecule has 0 amide bonds. The molecular weight excluding hydrogens is 186 g/mol. The van der Waals surface area contributed by atoms with Crippen molar-refractivity contribution in [3.8, 4) is 0 Å². The van der Waals surface area contributed by atoms with Crippen molar-refractivity contribution in [2.45, 2.75) is 6.42 Å². The number of carboxylic acid groups (broad SMARTS) is 1. The lowest BCUT2D eigenvalue weighted by Gasteiger charge is -2.03. The number of allylic oxidation sites excluding steroid dienone is 1. The van der Waals surface area contributed by atoms with E-state index in [-0.39, 0.29) is 0 Å². The Balaban J connectivity index is 2.41. The number of carboxylic acids is 1. The fourth-order valence-electron chi connectivity index (χ4n) is 1.39. The van der Waals surface area contributed by atoms with Crippen LogP contribution in [0.3, 0.4) is 0 Å². The zero-order chi connectivity index (χ0) is 9.26. The highest BCUT2D eigenvalue weighted by Gasteiger charge is 2.21. The van der Waals surface area contributed by atoms with Crippen LogP contribution < -0.4 is 0 Å². The monoisotopic (exact) mass is 195 g/mol. The number of hydrogen-bond acceptors (Lipinski definition) is 2. The van der Waals surface area contributed by atoms with Crippen LogP contribution in [0.2, 0.25) is 0 Å². The predicted molar refractivity (Wildman–Crippen MR) is 52.4 cm³/mol. The molecule has 2 heterocycles. The van der Waals surface area contributed by atoms with Crippen LogP contribution in [0.15, 0.2) is 29.4 Å². The quantitative estimate of drug-likeness (QED) is 0.783. The van der Waals surface area contributed by atoms with E-state index in [1.807, 2.05) is 29.1 Å². The van der Waals surface area contributed by atoms with E-state index < -0.39 is 5.97 Å². The number of hydrogen-bond donors (Lipinski definition) is 1. The lowest BCUT2D eigenvalue weighted by molar-refractivity contribution is -0.131. The maximum Gasteiger partial charge on any atom is 0.343 e. The summed E-state index contributed by atoms with van der Waals surface area (Å²) in [7, 11) is 0. The van der Waals surface area contributed by atoms with E-state index in [0.29, 0.717) is 4.91 Å². The van der Waals surface area contributed by atoms with Gasteiger partial charge >= 0.3 is 5.97 Å². The third-order valence-electron chi connectivity index (χ3n) is 1.96. The highest BCUT2D eigenvalue weighted by molar-refractivity contribution is 8.04. The Morgan fingerprint density at radius 1 is 1.46 bits per heavy atom. The Bertz CT molecular complexity index is 354. The summed E-state index contributed by atoms with van der Waals surface area (Å²) in [6.45, 7) is 0. The van der Waals surface area contributed by atoms with Crippen molar-refractivity contribution >= 4 is 23.4 Å². The molecule has 1 aliphatic rings. The normalized spacial score (nSPS) is 16.6. The van der Waals surface area contributed by atoms with Gasteiger partial charge in [0.05, 0.1) is 0 Å². The van der Waals surface area contributed by atoms with Gasteiger partial charge in [-0.3, -0.25) is 0 Å². The number of rotatable bonds is 2. The summed E-state index contributed by atoms with van der Waals surface area (Å²) < 4.78 is 1.88. The summed E-state index contributed by atoms with van der Waals surface area (Å²) in [6, 6.07) is 3.80. The van der Waals surface area contributed by atoms with Gasteiger partial charge < -0.3 is 9.67 Å². The third-order valence-corrected chi connectivity index (χ3v) is 3.06. The average molecular weight is 195 g/mol. The van der Waals surface area contributed by atoms with Crippen molar-refractivity contribution in [3.05, 3.63) is 29.4 Å². The molecule has 0 aliphatic carbocycles. The van der Waals surface area contributed by atoms with Crippen LogP contribution in [-0.2, 0) is 4.79 Å². The number of aliphatic carboxylic acids is 1. The molecule has 0 saturated carbocycles. The first-order valence-electron chi connectivity index (χ1n) is 4.01. The van der Waals surface area contributed by atoms with Gasteiger partial charge in [0.1, 0.15) is 4.91 Å². The van der Waals surface area contributed by atoms with Crippen LogP contribution in [0.25, 0.3) is 5.70 Å². The topological polar surface area (TPSA) is 42.2 Å². The Morgan fingerprint density at radius 2 is 2.15 bits per heavy atom. The van der Waals surface area contributed by atoms with Crippen molar-refractivity contribution in [1.82, 2.24) is 4.57 Å². The SMILES string of the molecule is O=C(O)C1=C(n2cccc2)CCS1. The van der Waals surface area contributed by atoms with Crippen molar-refractivity contribution in [1.29, 1.82) is 0 Å². The molecule has 0 spiro atoms. The molecule has 1 aromatic rings. The van der Waals surface area contributed by atoms with Crippen molar-refractivity contribution in [2.24, 2.45) is 0 Å². The minimum Gasteiger partial charge on any atom is -0.477 e. The van der Waals surface area contributed by atoms with Gasteiger partial charge in [-0.15, -0.1) is 11.8 Å². The molecule has 0 fully saturated rings. The molecule has 3 nitrogen and oxygen atoms in total. The van der Waals surface area contributed by atoms with Gasteiger partial charge in [0.15, 0.2) is 0 Å². The van der Waals surface area contributed by atoms with Crippen molar-refractivity contribution in [2.75, 3.05) is 5.75 Å². The molecule has 0 radical (unpaired) electrons. The lowest BCUT2D eigenvalue weighted by atomic mass is 10.3. The highest BCUT2D eigenvalue weighted by Crippen LogP contribution is 2.34. The van der Waals surface area contributed by atoms with Gasteiger partial charge in [-0.1, -0.05) is 0 Å². The number of aromatic nitrogens is 1. The molecule has 0 saturated heterocycles. The van der Waals surface area contributed by atoms with Gasteiger partial charge in [-0.2, -0.15) is 0 Å². The molecule has 1 aromatic heterocycles. The molecular formula is C9H9NO2S. The van der Waals surface area contributed by atoms with E-state index >= 15 is 0 Å². The third kappa shape index (κ3) is 1.49. The van der Waals surface area contributed by atoms with Crippen LogP contribution in [0, 0.1) is 0 Å².